The first kappa shape index (κ1) is 14.8. The largest absolute Gasteiger partial charge is 0.505 e. The van der Waals surface area contributed by atoms with Gasteiger partial charge < -0.3 is 9.84 Å². The molecule has 2 rings (SSSR count). The van der Waals surface area contributed by atoms with Crippen molar-refractivity contribution in [2.45, 2.75) is 11.8 Å². The van der Waals surface area contributed by atoms with Gasteiger partial charge in [-0.3, -0.25) is 9.54 Å². The van der Waals surface area contributed by atoms with Gasteiger partial charge in [0.2, 0.25) is 0 Å². The first-order valence-corrected chi connectivity index (χ1v) is 7.09. The molecule has 2 aromatic rings. The lowest BCUT2D eigenvalue weighted by molar-refractivity contribution is 0.445. The Morgan fingerprint density at radius 2 is 2.00 bits per heavy atom. The Labute approximate surface area is 120 Å². The molecule has 8 heteroatoms. The van der Waals surface area contributed by atoms with Crippen molar-refractivity contribution in [2.75, 3.05) is 0 Å². The van der Waals surface area contributed by atoms with Gasteiger partial charge in [0.25, 0.3) is 10.1 Å². The molecule has 1 aromatic carbocycles. The van der Waals surface area contributed by atoms with Gasteiger partial charge in [-0.15, -0.1) is 0 Å². The van der Waals surface area contributed by atoms with Gasteiger partial charge in [0.1, 0.15) is 17.4 Å². The Balaban J connectivity index is 2.49. The second kappa shape index (κ2) is 5.40. The second-order valence-corrected chi connectivity index (χ2v) is 5.62. The van der Waals surface area contributed by atoms with Crippen molar-refractivity contribution >= 4 is 10.1 Å². The molecule has 0 spiro atoms. The molecule has 0 aliphatic heterocycles. The fraction of sp³-hybridized carbons (Fsp3) is 0.0769. The zero-order valence-corrected chi connectivity index (χ0v) is 11.6. The molecule has 1 aromatic heterocycles. The number of benzene rings is 1. The van der Waals surface area contributed by atoms with E-state index >= 15 is 0 Å². The van der Waals surface area contributed by atoms with E-state index in [1.165, 1.54) is 18.3 Å². The molecule has 0 saturated carbocycles. The minimum Gasteiger partial charge on any atom is -0.505 e. The number of nitrogens with zero attached hydrogens (tertiary/aromatic N) is 2. The van der Waals surface area contributed by atoms with Gasteiger partial charge in [-0.25, -0.2) is 0 Å². The topological polar surface area (TPSA) is 121 Å². The standard InChI is InChI=1S/C13H10N2O5S/c1-8-2-9(4-10(3-8)21(17,18)19)20-13-7-15-6-12(16)11(13)5-14/h2-4,6-7,16H,1H3,(H,17,18,19). The smallest absolute Gasteiger partial charge is 0.294 e. The predicted molar refractivity (Wildman–Crippen MR) is 71.7 cm³/mol. The van der Waals surface area contributed by atoms with Crippen molar-refractivity contribution < 1.29 is 22.8 Å². The number of pyridine rings is 1. The molecule has 1 heterocycles. The van der Waals surface area contributed by atoms with Crippen LogP contribution in [0.2, 0.25) is 0 Å². The van der Waals surface area contributed by atoms with Crippen LogP contribution in [0.5, 0.6) is 17.2 Å². The number of aromatic nitrogens is 1. The van der Waals surface area contributed by atoms with E-state index in [4.69, 9.17) is 14.6 Å². The van der Waals surface area contributed by atoms with E-state index in [1.54, 1.807) is 13.0 Å². The van der Waals surface area contributed by atoms with Crippen LogP contribution in [0, 0.1) is 18.3 Å². The lowest BCUT2D eigenvalue weighted by atomic mass is 10.2. The number of nitriles is 1. The van der Waals surface area contributed by atoms with E-state index in [1.807, 2.05) is 0 Å². The second-order valence-electron chi connectivity index (χ2n) is 4.20. The Hall–Kier alpha value is -2.63. The average molecular weight is 306 g/mol. The summed E-state index contributed by atoms with van der Waals surface area (Å²) in [5.41, 5.74) is 0.409. The van der Waals surface area contributed by atoms with Gasteiger partial charge in [-0.1, -0.05) is 0 Å². The van der Waals surface area contributed by atoms with Gasteiger partial charge in [0.05, 0.1) is 17.3 Å². The highest BCUT2D eigenvalue weighted by Crippen LogP contribution is 2.31. The fourth-order valence-electron chi connectivity index (χ4n) is 1.67. The van der Waals surface area contributed by atoms with Crippen LogP contribution in [0.3, 0.4) is 0 Å². The Morgan fingerprint density at radius 3 is 2.62 bits per heavy atom. The predicted octanol–water partition coefficient (Wildman–Crippen LogP) is 2.01. The fourth-order valence-corrected chi connectivity index (χ4v) is 2.27. The summed E-state index contributed by atoms with van der Waals surface area (Å²) in [6.45, 7) is 1.62. The number of hydrogen-bond acceptors (Lipinski definition) is 6. The molecule has 2 N–H and O–H groups in total. The molecule has 108 valence electrons. The van der Waals surface area contributed by atoms with Crippen LogP contribution in [0.4, 0.5) is 0 Å². The van der Waals surface area contributed by atoms with Crippen LogP contribution < -0.4 is 4.74 Å². The van der Waals surface area contributed by atoms with E-state index < -0.39 is 10.1 Å². The molecular formula is C13H10N2O5S. The molecule has 0 aliphatic rings. The molecule has 0 bridgehead atoms. The maximum Gasteiger partial charge on any atom is 0.294 e. The van der Waals surface area contributed by atoms with Crippen molar-refractivity contribution in [1.82, 2.24) is 4.98 Å². The molecule has 7 nitrogen and oxygen atoms in total. The molecule has 0 fully saturated rings. The monoisotopic (exact) mass is 306 g/mol. The zero-order valence-electron chi connectivity index (χ0n) is 10.8. The van der Waals surface area contributed by atoms with Gasteiger partial charge in [-0.05, 0) is 24.6 Å². The zero-order chi connectivity index (χ0) is 15.6. The lowest BCUT2D eigenvalue weighted by Crippen LogP contribution is -1.99. The summed E-state index contributed by atoms with van der Waals surface area (Å²) in [6.07, 6.45) is 2.30. The van der Waals surface area contributed by atoms with Crippen molar-refractivity contribution in [3.63, 3.8) is 0 Å². The summed E-state index contributed by atoms with van der Waals surface area (Å²) in [6, 6.07) is 5.65. The average Bonchev–Trinajstić information content (AvgIpc) is 2.37. The maximum absolute atomic E-state index is 11.2. The van der Waals surface area contributed by atoms with Crippen LogP contribution in [-0.2, 0) is 10.1 Å². The summed E-state index contributed by atoms with van der Waals surface area (Å²) in [7, 11) is -4.37. The summed E-state index contributed by atoms with van der Waals surface area (Å²) in [4.78, 5) is 3.36. The molecule has 0 atom stereocenters. The Bertz CT molecular complexity index is 840. The number of ether oxygens (including phenoxy) is 1. The normalized spacial score (nSPS) is 10.9. The highest BCUT2D eigenvalue weighted by atomic mass is 32.2. The van der Waals surface area contributed by atoms with Crippen molar-refractivity contribution in [1.29, 1.82) is 5.26 Å². The molecule has 21 heavy (non-hydrogen) atoms. The minimum absolute atomic E-state index is 0.0237. The molecule has 0 unspecified atom stereocenters. The van der Waals surface area contributed by atoms with E-state index in [-0.39, 0.29) is 27.7 Å². The highest BCUT2D eigenvalue weighted by Gasteiger charge is 2.14. The van der Waals surface area contributed by atoms with Gasteiger partial charge in [0, 0.05) is 6.07 Å². The van der Waals surface area contributed by atoms with Crippen molar-refractivity contribution in [2.24, 2.45) is 0 Å². The third-order valence-electron chi connectivity index (χ3n) is 2.55. The number of aryl methyl sites for hydroxylation is 1. The van der Waals surface area contributed by atoms with Gasteiger partial charge in [-0.2, -0.15) is 13.7 Å². The molecule has 0 saturated heterocycles. The highest BCUT2D eigenvalue weighted by molar-refractivity contribution is 7.85. The minimum atomic E-state index is -4.37. The lowest BCUT2D eigenvalue weighted by Gasteiger charge is -2.09. The third kappa shape index (κ3) is 3.28. The number of rotatable bonds is 3. The van der Waals surface area contributed by atoms with E-state index in [9.17, 15) is 13.5 Å². The van der Waals surface area contributed by atoms with Crippen LogP contribution in [0.25, 0.3) is 0 Å². The Kier molecular flexibility index (Phi) is 3.80. The van der Waals surface area contributed by atoms with Crippen LogP contribution in [0.15, 0.2) is 35.5 Å². The third-order valence-corrected chi connectivity index (χ3v) is 3.38. The van der Waals surface area contributed by atoms with Crippen LogP contribution in [-0.4, -0.2) is 23.1 Å². The Morgan fingerprint density at radius 1 is 1.29 bits per heavy atom. The molecular weight excluding hydrogens is 296 g/mol. The summed E-state index contributed by atoms with van der Waals surface area (Å²) in [5.74, 6) is -0.284. The van der Waals surface area contributed by atoms with Gasteiger partial charge in [0.15, 0.2) is 11.5 Å². The van der Waals surface area contributed by atoms with Crippen molar-refractivity contribution in [3.8, 4) is 23.3 Å². The SMILES string of the molecule is Cc1cc(Oc2cncc(O)c2C#N)cc(S(=O)(=O)O)c1. The summed E-state index contributed by atoms with van der Waals surface area (Å²) < 4.78 is 36.8. The van der Waals surface area contributed by atoms with Gasteiger partial charge >= 0.3 is 0 Å². The molecule has 0 aliphatic carbocycles. The number of aromatic hydroxyl groups is 1. The molecule has 0 radical (unpaired) electrons. The van der Waals surface area contributed by atoms with E-state index in [0.717, 1.165) is 12.3 Å². The first-order valence-electron chi connectivity index (χ1n) is 5.65. The number of hydrogen-bond donors (Lipinski definition) is 2. The van der Waals surface area contributed by atoms with E-state index in [2.05, 4.69) is 4.98 Å². The quantitative estimate of drug-likeness (QED) is 0.832. The van der Waals surface area contributed by atoms with Crippen molar-refractivity contribution in [3.05, 3.63) is 41.7 Å². The van der Waals surface area contributed by atoms with E-state index in [0.29, 0.717) is 5.56 Å². The first-order chi connectivity index (χ1) is 9.81. The summed E-state index contributed by atoms with van der Waals surface area (Å²) >= 11 is 0. The molecule has 0 amide bonds. The maximum atomic E-state index is 11.2. The van der Waals surface area contributed by atoms with Crippen LogP contribution >= 0.6 is 0 Å². The summed E-state index contributed by atoms with van der Waals surface area (Å²) in [5, 5.41) is 18.5. The van der Waals surface area contributed by atoms with Crippen LogP contribution in [0.1, 0.15) is 11.1 Å².